The lowest BCUT2D eigenvalue weighted by Crippen LogP contribution is -1.98. The highest BCUT2D eigenvalue weighted by atomic mass is 32.2. The van der Waals surface area contributed by atoms with Crippen LogP contribution in [0.5, 0.6) is 0 Å². The second-order valence-electron chi connectivity index (χ2n) is 3.10. The van der Waals surface area contributed by atoms with Gasteiger partial charge in [-0.05, 0) is 49.3 Å². The lowest BCUT2D eigenvalue weighted by atomic mass is 10.4. The number of rotatable bonds is 4. The maximum Gasteiger partial charge on any atom is 0.176 e. The third-order valence-corrected chi connectivity index (χ3v) is 3.56. The normalized spacial score (nSPS) is 10.4. The Hall–Kier alpha value is -1.14. The van der Waals surface area contributed by atoms with Crippen molar-refractivity contribution in [1.29, 1.82) is 0 Å². The molecule has 0 aliphatic carbocycles. The lowest BCUT2D eigenvalue weighted by molar-refractivity contribution is 1.07. The molecule has 2 aromatic heterocycles. The topological polar surface area (TPSA) is 50.7 Å². The Bertz CT molecular complexity index is 469. The van der Waals surface area contributed by atoms with Gasteiger partial charge in [0.25, 0.3) is 0 Å². The van der Waals surface area contributed by atoms with Crippen molar-refractivity contribution in [3.63, 3.8) is 0 Å². The van der Waals surface area contributed by atoms with Crippen LogP contribution in [0.4, 0.5) is 5.82 Å². The van der Waals surface area contributed by atoms with Crippen LogP contribution in [0.15, 0.2) is 27.6 Å². The van der Waals surface area contributed by atoms with E-state index in [1.165, 1.54) is 11.5 Å². The van der Waals surface area contributed by atoms with Gasteiger partial charge in [-0.15, -0.1) is 0 Å². The van der Waals surface area contributed by atoms with Crippen molar-refractivity contribution in [2.45, 2.75) is 23.2 Å². The molecule has 0 aliphatic rings. The fourth-order valence-corrected chi connectivity index (χ4v) is 2.75. The zero-order valence-electron chi connectivity index (χ0n) is 9.10. The van der Waals surface area contributed by atoms with Crippen LogP contribution in [0, 0.1) is 6.92 Å². The summed E-state index contributed by atoms with van der Waals surface area (Å²) in [4.78, 5) is 8.75. The van der Waals surface area contributed by atoms with Crippen molar-refractivity contribution < 1.29 is 0 Å². The maximum absolute atomic E-state index is 4.46. The Kier molecular flexibility index (Phi) is 3.74. The molecule has 0 radical (unpaired) electrons. The molecule has 4 nitrogen and oxygen atoms in total. The summed E-state index contributed by atoms with van der Waals surface area (Å²) in [5.74, 6) is 1.71. The highest BCUT2D eigenvalue weighted by molar-refractivity contribution is 8.00. The van der Waals surface area contributed by atoms with Gasteiger partial charge in [0.1, 0.15) is 16.7 Å². The number of nitrogens with zero attached hydrogens (tertiary/aromatic N) is 3. The molecule has 0 bridgehead atoms. The van der Waals surface area contributed by atoms with Crippen molar-refractivity contribution in [2.24, 2.45) is 0 Å². The van der Waals surface area contributed by atoms with E-state index in [-0.39, 0.29) is 0 Å². The third-order valence-electron chi connectivity index (χ3n) is 1.78. The van der Waals surface area contributed by atoms with Crippen LogP contribution >= 0.6 is 23.3 Å². The Balaban J connectivity index is 2.12. The molecule has 0 saturated heterocycles. The molecule has 2 heterocycles. The van der Waals surface area contributed by atoms with Gasteiger partial charge in [-0.3, -0.25) is 0 Å². The second-order valence-corrected chi connectivity index (χ2v) is 5.12. The average Bonchev–Trinajstić information content (AvgIpc) is 2.65. The highest BCUT2D eigenvalue weighted by Crippen LogP contribution is 2.27. The highest BCUT2D eigenvalue weighted by Gasteiger charge is 2.04. The van der Waals surface area contributed by atoms with E-state index in [9.17, 15) is 0 Å². The molecule has 0 aliphatic heterocycles. The standard InChI is InChI=1S/C10H12N4S2/c1-3-11-8-5-4-6-9(13-8)15-10-12-7(2)14-16-10/h4-6H,3H2,1-2H3,(H,11,13). The number of hydrogen-bond donors (Lipinski definition) is 1. The van der Waals surface area contributed by atoms with Gasteiger partial charge in [0, 0.05) is 6.54 Å². The molecule has 2 rings (SSSR count). The quantitative estimate of drug-likeness (QED) is 0.906. The van der Waals surface area contributed by atoms with E-state index in [1.807, 2.05) is 25.1 Å². The first-order valence-corrected chi connectivity index (χ1v) is 6.56. The average molecular weight is 252 g/mol. The van der Waals surface area contributed by atoms with Crippen LogP contribution < -0.4 is 5.32 Å². The van der Waals surface area contributed by atoms with E-state index in [0.29, 0.717) is 0 Å². The van der Waals surface area contributed by atoms with E-state index in [4.69, 9.17) is 0 Å². The van der Waals surface area contributed by atoms with E-state index < -0.39 is 0 Å². The summed E-state index contributed by atoms with van der Waals surface area (Å²) in [6.07, 6.45) is 0. The number of hydrogen-bond acceptors (Lipinski definition) is 6. The summed E-state index contributed by atoms with van der Waals surface area (Å²) >= 11 is 2.95. The summed E-state index contributed by atoms with van der Waals surface area (Å²) < 4.78 is 5.07. The fraction of sp³-hybridized carbons (Fsp3) is 0.300. The van der Waals surface area contributed by atoms with Crippen LogP contribution in [-0.4, -0.2) is 20.9 Å². The number of aromatic nitrogens is 3. The van der Waals surface area contributed by atoms with Gasteiger partial charge in [-0.1, -0.05) is 6.07 Å². The molecule has 1 N–H and O–H groups in total. The Morgan fingerprint density at radius 3 is 2.94 bits per heavy atom. The predicted octanol–water partition coefficient (Wildman–Crippen LogP) is 2.82. The minimum absolute atomic E-state index is 0.815. The summed E-state index contributed by atoms with van der Waals surface area (Å²) in [6, 6.07) is 5.92. The molecule has 0 saturated carbocycles. The molecule has 0 atom stereocenters. The molecule has 6 heteroatoms. The van der Waals surface area contributed by atoms with Crippen molar-refractivity contribution >= 4 is 29.1 Å². The van der Waals surface area contributed by atoms with Gasteiger partial charge >= 0.3 is 0 Å². The van der Waals surface area contributed by atoms with Gasteiger partial charge in [0.05, 0.1) is 0 Å². The molecule has 16 heavy (non-hydrogen) atoms. The van der Waals surface area contributed by atoms with E-state index in [1.54, 1.807) is 11.8 Å². The van der Waals surface area contributed by atoms with Crippen molar-refractivity contribution in [1.82, 2.24) is 14.3 Å². The smallest absolute Gasteiger partial charge is 0.176 e. The van der Waals surface area contributed by atoms with Crippen LogP contribution in [0.3, 0.4) is 0 Å². The van der Waals surface area contributed by atoms with Crippen LogP contribution in [0.2, 0.25) is 0 Å². The number of aryl methyl sites for hydroxylation is 1. The first-order valence-electron chi connectivity index (χ1n) is 4.97. The molecular formula is C10H12N4S2. The van der Waals surface area contributed by atoms with Gasteiger partial charge in [-0.2, -0.15) is 4.37 Å². The zero-order valence-corrected chi connectivity index (χ0v) is 10.7. The van der Waals surface area contributed by atoms with Gasteiger partial charge < -0.3 is 5.32 Å². The Morgan fingerprint density at radius 2 is 2.25 bits per heavy atom. The predicted molar refractivity (Wildman–Crippen MR) is 67.2 cm³/mol. The van der Waals surface area contributed by atoms with Crippen LogP contribution in [0.25, 0.3) is 0 Å². The fourth-order valence-electron chi connectivity index (χ4n) is 1.16. The Labute approximate surface area is 103 Å². The van der Waals surface area contributed by atoms with Crippen molar-refractivity contribution in [2.75, 3.05) is 11.9 Å². The first kappa shape index (κ1) is 11.3. The minimum atomic E-state index is 0.815. The third kappa shape index (κ3) is 2.93. The molecule has 0 amide bonds. The molecule has 0 fully saturated rings. The molecule has 0 aromatic carbocycles. The molecule has 0 spiro atoms. The van der Waals surface area contributed by atoms with Crippen molar-refractivity contribution in [3.8, 4) is 0 Å². The van der Waals surface area contributed by atoms with Crippen LogP contribution in [-0.2, 0) is 0 Å². The van der Waals surface area contributed by atoms with E-state index >= 15 is 0 Å². The second kappa shape index (κ2) is 5.27. The number of nitrogens with one attached hydrogen (secondary N) is 1. The zero-order chi connectivity index (χ0) is 11.4. The minimum Gasteiger partial charge on any atom is -0.370 e. The van der Waals surface area contributed by atoms with Crippen LogP contribution in [0.1, 0.15) is 12.7 Å². The van der Waals surface area contributed by atoms with Gasteiger partial charge in [0.15, 0.2) is 4.34 Å². The molecular weight excluding hydrogens is 240 g/mol. The summed E-state index contributed by atoms with van der Waals surface area (Å²) in [5.41, 5.74) is 0. The van der Waals surface area contributed by atoms with E-state index in [2.05, 4.69) is 26.6 Å². The molecule has 2 aromatic rings. The SMILES string of the molecule is CCNc1cccc(Sc2nc(C)ns2)n1. The number of anilines is 1. The summed E-state index contributed by atoms with van der Waals surface area (Å²) in [7, 11) is 0. The largest absolute Gasteiger partial charge is 0.370 e. The van der Waals surface area contributed by atoms with Gasteiger partial charge in [0.2, 0.25) is 0 Å². The number of pyridine rings is 1. The monoisotopic (exact) mass is 252 g/mol. The summed E-state index contributed by atoms with van der Waals surface area (Å²) in [6.45, 7) is 4.82. The van der Waals surface area contributed by atoms with Gasteiger partial charge in [-0.25, -0.2) is 9.97 Å². The lowest BCUT2D eigenvalue weighted by Gasteiger charge is -2.03. The van der Waals surface area contributed by atoms with Crippen molar-refractivity contribution in [3.05, 3.63) is 24.0 Å². The summed E-state index contributed by atoms with van der Waals surface area (Å²) in [5, 5.41) is 4.12. The molecule has 0 unspecified atom stereocenters. The maximum atomic E-state index is 4.46. The first-order chi connectivity index (χ1) is 7.78. The van der Waals surface area contributed by atoms with E-state index in [0.717, 1.165) is 27.6 Å². The molecule has 84 valence electrons. The Morgan fingerprint density at radius 1 is 1.38 bits per heavy atom.